The molecule has 1 heterocycles. The molecule has 0 aromatic heterocycles. The van der Waals surface area contributed by atoms with Crippen LogP contribution in [0.2, 0.25) is 0 Å². The van der Waals surface area contributed by atoms with E-state index in [0.717, 1.165) is 24.1 Å². The van der Waals surface area contributed by atoms with Gasteiger partial charge < -0.3 is 5.32 Å². The third-order valence-corrected chi connectivity index (χ3v) is 5.90. The molecule has 1 aliphatic heterocycles. The Kier molecular flexibility index (Phi) is 4.53. The van der Waals surface area contributed by atoms with Crippen molar-refractivity contribution in [1.82, 2.24) is 10.0 Å². The van der Waals surface area contributed by atoms with Gasteiger partial charge in [-0.2, -0.15) is 0 Å². The Morgan fingerprint density at radius 3 is 2.74 bits per heavy atom. The molecule has 3 rings (SSSR count). The molecule has 0 saturated heterocycles. The van der Waals surface area contributed by atoms with Crippen molar-refractivity contribution < 1.29 is 8.42 Å². The molecule has 0 aliphatic carbocycles. The van der Waals surface area contributed by atoms with E-state index >= 15 is 0 Å². The number of nitrogens with one attached hydrogen (secondary N) is 2. The summed E-state index contributed by atoms with van der Waals surface area (Å²) in [6, 6.07) is 13.6. The summed E-state index contributed by atoms with van der Waals surface area (Å²) in [5.74, 6) is 0. The Morgan fingerprint density at radius 2 is 1.96 bits per heavy atom. The summed E-state index contributed by atoms with van der Waals surface area (Å²) < 4.78 is 27.9. The van der Waals surface area contributed by atoms with Crippen LogP contribution < -0.4 is 10.0 Å². The van der Waals surface area contributed by atoms with Gasteiger partial charge in [0.2, 0.25) is 10.0 Å². The van der Waals surface area contributed by atoms with Gasteiger partial charge in [-0.3, -0.25) is 0 Å². The van der Waals surface area contributed by atoms with E-state index in [0.29, 0.717) is 11.4 Å². The van der Waals surface area contributed by atoms with Crippen molar-refractivity contribution in [2.45, 2.75) is 31.2 Å². The highest BCUT2D eigenvalue weighted by molar-refractivity contribution is 7.89. The first-order valence-electron chi connectivity index (χ1n) is 7.85. The number of sulfonamides is 1. The minimum Gasteiger partial charge on any atom is -0.308 e. The van der Waals surface area contributed by atoms with Gasteiger partial charge in [0, 0.05) is 12.6 Å². The van der Waals surface area contributed by atoms with Crippen LogP contribution in [0.15, 0.2) is 47.4 Å². The van der Waals surface area contributed by atoms with Crippen molar-refractivity contribution in [2.24, 2.45) is 0 Å². The van der Waals surface area contributed by atoms with Crippen molar-refractivity contribution in [1.29, 1.82) is 0 Å². The van der Waals surface area contributed by atoms with Crippen molar-refractivity contribution >= 4 is 10.0 Å². The molecule has 0 amide bonds. The van der Waals surface area contributed by atoms with Crippen molar-refractivity contribution in [3.05, 3.63) is 64.7 Å². The maximum atomic E-state index is 12.6. The normalized spacial score (nSPS) is 17.7. The van der Waals surface area contributed by atoms with E-state index < -0.39 is 10.0 Å². The number of hydrogen-bond acceptors (Lipinski definition) is 3. The smallest absolute Gasteiger partial charge is 0.240 e. The first kappa shape index (κ1) is 16.2. The Morgan fingerprint density at radius 1 is 1.17 bits per heavy atom. The van der Waals surface area contributed by atoms with Crippen LogP contribution in [-0.4, -0.2) is 21.5 Å². The molecule has 0 spiro atoms. The molecule has 2 aromatic carbocycles. The molecule has 4 nitrogen and oxygen atoms in total. The fraction of sp³-hybridized carbons (Fsp3) is 0.333. The van der Waals surface area contributed by atoms with Gasteiger partial charge >= 0.3 is 0 Å². The molecule has 0 saturated carbocycles. The van der Waals surface area contributed by atoms with Gasteiger partial charge in [0.05, 0.1) is 4.90 Å². The molecule has 2 N–H and O–H groups in total. The molecule has 1 unspecified atom stereocenters. The van der Waals surface area contributed by atoms with E-state index in [4.69, 9.17) is 0 Å². The highest BCUT2D eigenvalue weighted by atomic mass is 32.2. The molecule has 5 heteroatoms. The van der Waals surface area contributed by atoms with E-state index in [9.17, 15) is 8.42 Å². The number of aryl methyl sites for hydroxylation is 2. The summed E-state index contributed by atoms with van der Waals surface area (Å²) in [7, 11) is -3.50. The Balaban J connectivity index is 1.78. The number of hydrogen-bond donors (Lipinski definition) is 2. The zero-order valence-electron chi connectivity index (χ0n) is 13.5. The predicted molar refractivity (Wildman–Crippen MR) is 92.0 cm³/mol. The second-order valence-electron chi connectivity index (χ2n) is 6.08. The third kappa shape index (κ3) is 3.47. The predicted octanol–water partition coefficient (Wildman–Crippen LogP) is 2.47. The molecule has 23 heavy (non-hydrogen) atoms. The summed E-state index contributed by atoms with van der Waals surface area (Å²) in [6.45, 7) is 5.01. The highest BCUT2D eigenvalue weighted by Crippen LogP contribution is 2.23. The van der Waals surface area contributed by atoms with Crippen molar-refractivity contribution in [2.75, 3.05) is 13.1 Å². The topological polar surface area (TPSA) is 58.2 Å². The Hall–Kier alpha value is -1.69. The minimum absolute atomic E-state index is 0.0143. The maximum absolute atomic E-state index is 12.6. The van der Waals surface area contributed by atoms with Gasteiger partial charge in [0.25, 0.3) is 0 Å². The SMILES string of the molecule is Cc1ccc(S(=O)(=O)NCC2NCCc3ccccc32)c(C)c1. The van der Waals surface area contributed by atoms with Crippen LogP contribution in [0.5, 0.6) is 0 Å². The molecule has 0 bridgehead atoms. The fourth-order valence-corrected chi connectivity index (χ4v) is 4.42. The second kappa shape index (κ2) is 6.43. The van der Waals surface area contributed by atoms with E-state index in [1.54, 1.807) is 6.07 Å². The second-order valence-corrected chi connectivity index (χ2v) is 7.81. The fourth-order valence-electron chi connectivity index (χ4n) is 3.15. The van der Waals surface area contributed by atoms with Crippen molar-refractivity contribution in [3.8, 4) is 0 Å². The highest BCUT2D eigenvalue weighted by Gasteiger charge is 2.23. The van der Waals surface area contributed by atoms with Crippen LogP contribution in [0, 0.1) is 13.8 Å². The standard InChI is InChI=1S/C18H22N2O2S/c1-13-7-8-18(14(2)11-13)23(21,22)20-12-17-16-6-4-3-5-15(16)9-10-19-17/h3-8,11,17,19-20H,9-10,12H2,1-2H3. The molecular weight excluding hydrogens is 308 g/mol. The largest absolute Gasteiger partial charge is 0.308 e. The van der Waals surface area contributed by atoms with Crippen LogP contribution in [0.25, 0.3) is 0 Å². The van der Waals surface area contributed by atoms with Crippen molar-refractivity contribution in [3.63, 3.8) is 0 Å². The molecule has 0 fully saturated rings. The minimum atomic E-state index is -3.50. The number of rotatable bonds is 4. The van der Waals surface area contributed by atoms with Gasteiger partial charge in [-0.05, 0) is 49.6 Å². The summed E-state index contributed by atoms with van der Waals surface area (Å²) in [6.07, 6.45) is 0.983. The van der Waals surface area contributed by atoms with Gasteiger partial charge in [-0.25, -0.2) is 13.1 Å². The third-order valence-electron chi connectivity index (χ3n) is 4.31. The van der Waals surface area contributed by atoms with Gasteiger partial charge in [-0.15, -0.1) is 0 Å². The molecule has 1 atom stereocenters. The summed E-state index contributed by atoms with van der Waals surface area (Å²) in [5, 5.41) is 3.40. The lowest BCUT2D eigenvalue weighted by molar-refractivity contribution is 0.491. The lowest BCUT2D eigenvalue weighted by Crippen LogP contribution is -2.39. The first-order chi connectivity index (χ1) is 11.0. The lowest BCUT2D eigenvalue weighted by Gasteiger charge is -2.27. The molecule has 0 radical (unpaired) electrons. The average molecular weight is 330 g/mol. The molecular formula is C18H22N2O2S. The number of fused-ring (bicyclic) bond motifs is 1. The zero-order valence-corrected chi connectivity index (χ0v) is 14.3. The van der Waals surface area contributed by atoms with E-state index in [-0.39, 0.29) is 6.04 Å². The zero-order chi connectivity index (χ0) is 16.4. The van der Waals surface area contributed by atoms with E-state index in [1.165, 1.54) is 11.1 Å². The van der Waals surface area contributed by atoms with Gasteiger partial charge in [0.1, 0.15) is 0 Å². The van der Waals surface area contributed by atoms with Crippen LogP contribution in [0.1, 0.15) is 28.3 Å². The summed E-state index contributed by atoms with van der Waals surface area (Å²) in [4.78, 5) is 0.354. The molecule has 2 aromatic rings. The quantitative estimate of drug-likeness (QED) is 0.905. The van der Waals surface area contributed by atoms with Crippen LogP contribution in [0.4, 0.5) is 0 Å². The van der Waals surface area contributed by atoms with E-state index in [1.807, 2.05) is 38.1 Å². The number of benzene rings is 2. The van der Waals surface area contributed by atoms with Gasteiger partial charge in [0.15, 0.2) is 0 Å². The lowest BCUT2D eigenvalue weighted by atomic mass is 9.95. The summed E-state index contributed by atoms with van der Waals surface area (Å²) in [5.41, 5.74) is 4.31. The Bertz CT molecular complexity index is 816. The van der Waals surface area contributed by atoms with Gasteiger partial charge in [-0.1, -0.05) is 42.0 Å². The molecule has 122 valence electrons. The van der Waals surface area contributed by atoms with Crippen LogP contribution >= 0.6 is 0 Å². The van der Waals surface area contributed by atoms with E-state index in [2.05, 4.69) is 22.2 Å². The molecule has 1 aliphatic rings. The average Bonchev–Trinajstić information content (AvgIpc) is 2.52. The monoisotopic (exact) mass is 330 g/mol. The van der Waals surface area contributed by atoms with Crippen LogP contribution in [0.3, 0.4) is 0 Å². The first-order valence-corrected chi connectivity index (χ1v) is 9.34. The van der Waals surface area contributed by atoms with Crippen LogP contribution in [-0.2, 0) is 16.4 Å². The summed E-state index contributed by atoms with van der Waals surface area (Å²) >= 11 is 0. The maximum Gasteiger partial charge on any atom is 0.240 e. The Labute approximate surface area is 138 Å².